The summed E-state index contributed by atoms with van der Waals surface area (Å²) in [5.74, 6) is -0.939. The van der Waals surface area contributed by atoms with Crippen molar-refractivity contribution in [1.29, 1.82) is 0 Å². The van der Waals surface area contributed by atoms with Gasteiger partial charge in [0.2, 0.25) is 0 Å². The fourth-order valence-corrected chi connectivity index (χ4v) is 2.45. The van der Waals surface area contributed by atoms with E-state index < -0.39 is 5.97 Å². The topological polar surface area (TPSA) is 72.3 Å². The number of rotatable bonds is 3. The smallest absolute Gasteiger partial charge is 0.358 e. The highest BCUT2D eigenvalue weighted by Gasteiger charge is 2.14. The summed E-state index contributed by atoms with van der Waals surface area (Å²) in [6.45, 7) is 0. The van der Waals surface area contributed by atoms with Crippen molar-refractivity contribution in [3.05, 3.63) is 48.3 Å². The Balaban J connectivity index is 1.99. The number of aromatic carboxylic acids is 1. The first-order chi connectivity index (χ1) is 9.24. The van der Waals surface area contributed by atoms with Crippen LogP contribution in [-0.2, 0) is 0 Å². The third-order valence-corrected chi connectivity index (χ3v) is 3.36. The van der Waals surface area contributed by atoms with E-state index in [0.29, 0.717) is 5.19 Å². The predicted octanol–water partition coefficient (Wildman–Crippen LogP) is 3.18. The number of fused-ring (bicyclic) bond motifs is 1. The molecule has 0 saturated heterocycles. The quantitative estimate of drug-likeness (QED) is 0.792. The highest BCUT2D eigenvalue weighted by molar-refractivity contribution is 7.20. The lowest BCUT2D eigenvalue weighted by Crippen LogP contribution is -2.02. The molecule has 3 aromatic rings. The lowest BCUT2D eigenvalue weighted by atomic mass is 10.3. The number of carboxylic acids is 1. The van der Waals surface area contributed by atoms with Gasteiger partial charge < -0.3 is 9.84 Å². The number of hydrogen-bond acceptors (Lipinski definition) is 5. The zero-order valence-corrected chi connectivity index (χ0v) is 10.4. The molecule has 2 heterocycles. The number of ether oxygens (including phenoxy) is 1. The van der Waals surface area contributed by atoms with Crippen LogP contribution in [0.5, 0.6) is 10.9 Å². The van der Waals surface area contributed by atoms with Crippen LogP contribution in [0.15, 0.2) is 42.6 Å². The fourth-order valence-electron chi connectivity index (χ4n) is 1.62. The first-order valence-electron chi connectivity index (χ1n) is 5.46. The molecule has 2 aromatic heterocycles. The van der Waals surface area contributed by atoms with Crippen molar-refractivity contribution in [3.63, 3.8) is 0 Å². The van der Waals surface area contributed by atoms with Gasteiger partial charge in [-0.3, -0.25) is 0 Å². The van der Waals surface area contributed by atoms with Gasteiger partial charge in [0.15, 0.2) is 11.4 Å². The summed E-state index contributed by atoms with van der Waals surface area (Å²) in [4.78, 5) is 19.1. The molecule has 0 spiro atoms. The average molecular weight is 272 g/mol. The third kappa shape index (κ3) is 2.25. The number of nitrogens with zero attached hydrogens (tertiary/aromatic N) is 2. The summed E-state index contributed by atoms with van der Waals surface area (Å²) in [5, 5.41) is 9.42. The highest BCUT2D eigenvalue weighted by Crippen LogP contribution is 2.31. The number of para-hydroxylation sites is 1. The Morgan fingerprint density at radius 1 is 1.21 bits per heavy atom. The van der Waals surface area contributed by atoms with Crippen molar-refractivity contribution in [3.8, 4) is 10.9 Å². The molecule has 3 rings (SSSR count). The van der Waals surface area contributed by atoms with E-state index in [9.17, 15) is 4.79 Å². The van der Waals surface area contributed by atoms with Gasteiger partial charge >= 0.3 is 5.97 Å². The first kappa shape index (κ1) is 11.6. The van der Waals surface area contributed by atoms with E-state index in [1.165, 1.54) is 17.5 Å². The average Bonchev–Trinajstić information content (AvgIpc) is 2.81. The molecule has 0 aliphatic heterocycles. The van der Waals surface area contributed by atoms with Crippen molar-refractivity contribution in [2.75, 3.05) is 0 Å². The summed E-state index contributed by atoms with van der Waals surface area (Å²) in [6, 6.07) is 10.8. The monoisotopic (exact) mass is 272 g/mol. The molecule has 0 saturated carbocycles. The van der Waals surface area contributed by atoms with Crippen molar-refractivity contribution < 1.29 is 14.6 Å². The maximum absolute atomic E-state index is 11.0. The first-order valence-corrected chi connectivity index (χ1v) is 6.27. The number of thiazole rings is 1. The minimum atomic E-state index is -1.13. The molecule has 5 nitrogen and oxygen atoms in total. The van der Waals surface area contributed by atoms with Crippen molar-refractivity contribution in [1.82, 2.24) is 9.97 Å². The lowest BCUT2D eigenvalue weighted by molar-refractivity contribution is 0.0687. The molecule has 0 bridgehead atoms. The van der Waals surface area contributed by atoms with Gasteiger partial charge in [-0.1, -0.05) is 23.5 Å². The molecule has 0 fully saturated rings. The summed E-state index contributed by atoms with van der Waals surface area (Å²) >= 11 is 1.36. The lowest BCUT2D eigenvalue weighted by Gasteiger charge is -2.03. The van der Waals surface area contributed by atoms with E-state index in [1.54, 1.807) is 12.1 Å². The van der Waals surface area contributed by atoms with Crippen LogP contribution in [0.1, 0.15) is 10.5 Å². The molecule has 0 aliphatic carbocycles. The van der Waals surface area contributed by atoms with Gasteiger partial charge in [0.25, 0.3) is 5.19 Å². The Labute approximate surface area is 112 Å². The SMILES string of the molecule is O=C(O)c1ncccc1Oc1nc2ccccc2s1. The number of pyridine rings is 1. The van der Waals surface area contributed by atoms with Crippen molar-refractivity contribution in [2.24, 2.45) is 0 Å². The molecule has 0 amide bonds. The minimum Gasteiger partial charge on any atom is -0.476 e. The third-order valence-electron chi connectivity index (χ3n) is 2.44. The molecule has 1 aromatic carbocycles. The van der Waals surface area contributed by atoms with Crippen LogP contribution in [-0.4, -0.2) is 21.0 Å². The number of aromatic nitrogens is 2. The molecule has 94 valence electrons. The van der Waals surface area contributed by atoms with E-state index in [4.69, 9.17) is 9.84 Å². The Bertz CT molecular complexity index is 721. The maximum Gasteiger partial charge on any atom is 0.358 e. The summed E-state index contributed by atoms with van der Waals surface area (Å²) in [6.07, 6.45) is 1.41. The Morgan fingerprint density at radius 3 is 2.84 bits per heavy atom. The van der Waals surface area contributed by atoms with Gasteiger partial charge in [-0.05, 0) is 24.3 Å². The minimum absolute atomic E-state index is 0.123. The molecular weight excluding hydrogens is 264 g/mol. The van der Waals surface area contributed by atoms with Gasteiger partial charge in [-0.2, -0.15) is 0 Å². The largest absolute Gasteiger partial charge is 0.476 e. The van der Waals surface area contributed by atoms with Gasteiger partial charge in [-0.25, -0.2) is 14.8 Å². The Hall–Kier alpha value is -2.47. The number of benzene rings is 1. The number of hydrogen-bond donors (Lipinski definition) is 1. The van der Waals surface area contributed by atoms with Gasteiger partial charge in [0.1, 0.15) is 0 Å². The molecule has 0 unspecified atom stereocenters. The maximum atomic E-state index is 11.0. The van der Waals surface area contributed by atoms with Crippen LogP contribution in [0, 0.1) is 0 Å². The second kappa shape index (κ2) is 4.66. The summed E-state index contributed by atoms with van der Waals surface area (Å²) in [7, 11) is 0. The molecule has 0 radical (unpaired) electrons. The van der Waals surface area contributed by atoms with Crippen molar-refractivity contribution in [2.45, 2.75) is 0 Å². The van der Waals surface area contributed by atoms with E-state index in [2.05, 4.69) is 9.97 Å². The van der Waals surface area contributed by atoms with Gasteiger partial charge in [0, 0.05) is 6.20 Å². The Morgan fingerprint density at radius 2 is 2.05 bits per heavy atom. The molecule has 6 heteroatoms. The molecule has 19 heavy (non-hydrogen) atoms. The summed E-state index contributed by atoms with van der Waals surface area (Å²) in [5.41, 5.74) is 0.699. The van der Waals surface area contributed by atoms with E-state index in [-0.39, 0.29) is 11.4 Å². The van der Waals surface area contributed by atoms with E-state index >= 15 is 0 Å². The number of carbonyl (C=O) groups is 1. The van der Waals surface area contributed by atoms with Crippen LogP contribution in [0.3, 0.4) is 0 Å². The standard InChI is InChI=1S/C13H8N2O3S/c16-12(17)11-9(5-3-7-14-11)18-13-15-8-4-1-2-6-10(8)19-13/h1-7H,(H,16,17). The fraction of sp³-hybridized carbons (Fsp3) is 0. The van der Waals surface area contributed by atoms with E-state index in [0.717, 1.165) is 10.2 Å². The second-order valence-corrected chi connectivity index (χ2v) is 4.70. The van der Waals surface area contributed by atoms with Crippen LogP contribution >= 0.6 is 11.3 Å². The molecule has 1 N–H and O–H groups in total. The van der Waals surface area contributed by atoms with Crippen molar-refractivity contribution >= 4 is 27.5 Å². The highest BCUT2D eigenvalue weighted by atomic mass is 32.1. The van der Waals surface area contributed by atoms with Crippen LogP contribution in [0.4, 0.5) is 0 Å². The van der Waals surface area contributed by atoms with E-state index in [1.807, 2.05) is 24.3 Å². The number of carboxylic acid groups (broad SMARTS) is 1. The summed E-state index contributed by atoms with van der Waals surface area (Å²) < 4.78 is 6.50. The zero-order valence-electron chi connectivity index (χ0n) is 9.61. The zero-order chi connectivity index (χ0) is 13.2. The normalized spacial score (nSPS) is 10.5. The van der Waals surface area contributed by atoms with Crippen LogP contribution in [0.25, 0.3) is 10.2 Å². The van der Waals surface area contributed by atoms with Crippen LogP contribution < -0.4 is 4.74 Å². The van der Waals surface area contributed by atoms with Crippen LogP contribution in [0.2, 0.25) is 0 Å². The van der Waals surface area contributed by atoms with Gasteiger partial charge in [0.05, 0.1) is 10.2 Å². The predicted molar refractivity (Wildman–Crippen MR) is 70.9 cm³/mol. The second-order valence-electron chi connectivity index (χ2n) is 3.70. The Kier molecular flexibility index (Phi) is 2.85. The molecular formula is C13H8N2O3S. The van der Waals surface area contributed by atoms with Gasteiger partial charge in [-0.15, -0.1) is 0 Å². The molecule has 0 aliphatic rings. The molecule has 0 atom stereocenters.